The third-order valence-corrected chi connectivity index (χ3v) is 5.41. The quantitative estimate of drug-likeness (QED) is 0.0999. The number of amides is 2. The third kappa shape index (κ3) is 5.38. The maximum Gasteiger partial charge on any atom is 0.365 e. The van der Waals surface area contributed by atoms with Crippen molar-refractivity contribution in [2.45, 2.75) is 19.2 Å². The monoisotopic (exact) mass is 487 g/mol. The Morgan fingerprint density at radius 2 is 1.93 bits per heavy atom. The average molecular weight is 487 g/mol. The fraction of sp³-hybridized carbons (Fsp3) is 0.364. The van der Waals surface area contributed by atoms with Gasteiger partial charge in [-0.15, -0.1) is 11.3 Å². The maximum atomic E-state index is 12.5. The number of hydrogen-bond donors (Lipinski definition) is 4. The summed E-state index contributed by atoms with van der Waals surface area (Å²) in [4.78, 5) is 43.9. The summed E-state index contributed by atoms with van der Waals surface area (Å²) in [6.45, 7) is 0.903. The molecule has 19 heteroatoms. The molecule has 2 atom stereocenters. The number of rotatable bonds is 8. The highest BCUT2D eigenvalue weighted by Crippen LogP contribution is 2.25. The highest BCUT2D eigenvalue weighted by atomic mass is 32.2. The molecule has 0 bridgehead atoms. The van der Waals surface area contributed by atoms with Crippen molar-refractivity contribution < 1.29 is 49.9 Å². The molecule has 0 aliphatic carbocycles. The Bertz CT molecular complexity index is 1110. The van der Waals surface area contributed by atoms with E-state index >= 15 is 0 Å². The van der Waals surface area contributed by atoms with Crippen LogP contribution in [0, 0.1) is 0 Å². The molecule has 1 aliphatic rings. The zero-order valence-corrected chi connectivity index (χ0v) is 17.3. The number of nitrogens with one attached hydrogen (secondary N) is 2. The Morgan fingerprint density at radius 1 is 1.30 bits per heavy atom. The normalized spacial score (nSPS) is 19.7. The number of carbonyl (C=O) groups excluding carboxylic acids is 3. The van der Waals surface area contributed by atoms with Gasteiger partial charge in [0.15, 0.2) is 16.9 Å². The predicted molar refractivity (Wildman–Crippen MR) is 96.7 cm³/mol. The summed E-state index contributed by atoms with van der Waals surface area (Å²) in [6, 6.07) is -1.69. The van der Waals surface area contributed by atoms with Crippen molar-refractivity contribution in [1.29, 1.82) is 0 Å². The number of carbonyl (C=O) groups is 3. The SMILES string of the molecule is CO/N=C(\C(=O)N[C@@H]1C(=O)N(S(=O)(=O)O)[C@H]1OC(C)=O)c1csc(NS(=O)(=O)O)n1. The van der Waals surface area contributed by atoms with Gasteiger partial charge in [-0.1, -0.05) is 5.16 Å². The summed E-state index contributed by atoms with van der Waals surface area (Å²) in [5.41, 5.74) is -0.815. The maximum absolute atomic E-state index is 12.5. The summed E-state index contributed by atoms with van der Waals surface area (Å²) in [7, 11) is -8.65. The summed E-state index contributed by atoms with van der Waals surface area (Å²) in [5, 5.41) is 6.27. The van der Waals surface area contributed by atoms with Crippen molar-refractivity contribution in [3.05, 3.63) is 11.1 Å². The summed E-state index contributed by atoms with van der Waals surface area (Å²) in [6.07, 6.45) is -1.86. The molecule has 1 aliphatic heterocycles. The molecule has 2 rings (SSSR count). The highest BCUT2D eigenvalue weighted by Gasteiger charge is 2.56. The van der Waals surface area contributed by atoms with Crippen LogP contribution < -0.4 is 10.0 Å². The van der Waals surface area contributed by atoms with Crippen LogP contribution in [-0.2, 0) is 44.6 Å². The summed E-state index contributed by atoms with van der Waals surface area (Å²) >= 11 is 0.665. The van der Waals surface area contributed by atoms with E-state index in [4.69, 9.17) is 9.11 Å². The second kappa shape index (κ2) is 8.47. The van der Waals surface area contributed by atoms with E-state index in [1.807, 2.05) is 5.32 Å². The minimum atomic E-state index is -5.07. The van der Waals surface area contributed by atoms with Crippen molar-refractivity contribution in [2.24, 2.45) is 5.16 Å². The van der Waals surface area contributed by atoms with Gasteiger partial charge in [-0.05, 0) is 0 Å². The van der Waals surface area contributed by atoms with Gasteiger partial charge in [0, 0.05) is 12.3 Å². The number of hydrogen-bond acceptors (Lipinski definition) is 12. The van der Waals surface area contributed by atoms with Crippen molar-refractivity contribution in [1.82, 2.24) is 14.6 Å². The molecular weight excluding hydrogens is 474 g/mol. The lowest BCUT2D eigenvalue weighted by Crippen LogP contribution is -2.73. The first-order valence-electron chi connectivity index (χ1n) is 7.35. The number of β-lactam (4-membered cyclic amide) rings is 1. The Kier molecular flexibility index (Phi) is 6.61. The molecule has 166 valence electrons. The molecule has 2 amide bonds. The number of anilines is 1. The van der Waals surface area contributed by atoms with Crippen LogP contribution in [-0.4, -0.2) is 78.1 Å². The van der Waals surface area contributed by atoms with Gasteiger partial charge in [-0.25, -0.2) is 9.71 Å². The molecule has 16 nitrogen and oxygen atoms in total. The predicted octanol–water partition coefficient (Wildman–Crippen LogP) is -2.27. The van der Waals surface area contributed by atoms with Crippen molar-refractivity contribution in [3.8, 4) is 0 Å². The van der Waals surface area contributed by atoms with Gasteiger partial charge in [0.25, 0.3) is 11.8 Å². The van der Waals surface area contributed by atoms with Gasteiger partial charge in [0.1, 0.15) is 12.8 Å². The molecule has 0 saturated carbocycles. The minimum absolute atomic E-state index is 0.149. The fourth-order valence-electron chi connectivity index (χ4n) is 2.15. The van der Waals surface area contributed by atoms with Gasteiger partial charge in [0.2, 0.25) is 6.23 Å². The van der Waals surface area contributed by atoms with Crippen LogP contribution in [0.25, 0.3) is 0 Å². The van der Waals surface area contributed by atoms with Gasteiger partial charge in [0.05, 0.1) is 0 Å². The number of aromatic nitrogens is 1. The van der Waals surface area contributed by atoms with Crippen molar-refractivity contribution in [2.75, 3.05) is 11.8 Å². The second-order valence-corrected chi connectivity index (χ2v) is 8.60. The lowest BCUT2D eigenvalue weighted by atomic mass is 10.1. The van der Waals surface area contributed by atoms with E-state index in [1.165, 1.54) is 0 Å². The first kappa shape index (κ1) is 23.4. The van der Waals surface area contributed by atoms with Crippen LogP contribution in [0.4, 0.5) is 5.13 Å². The lowest BCUT2D eigenvalue weighted by molar-refractivity contribution is -0.178. The van der Waals surface area contributed by atoms with E-state index in [2.05, 4.69) is 19.7 Å². The van der Waals surface area contributed by atoms with Crippen LogP contribution >= 0.6 is 11.3 Å². The standard InChI is InChI=1S/C11H13N5O11S3/c1-4(17)27-10-7(9(19)16(10)30(23,24)25)13-8(18)6(14-26-2)5-3-28-11(12-5)15-29(20,21)22/h3,7,10H,1-2H3,(H,12,15)(H,13,18)(H,20,21,22)(H,23,24,25)/b14-6-/t7-,10+/m1/s1. The van der Waals surface area contributed by atoms with Crippen LogP contribution in [0.5, 0.6) is 0 Å². The molecule has 30 heavy (non-hydrogen) atoms. The van der Waals surface area contributed by atoms with Gasteiger partial charge in [-0.3, -0.25) is 23.5 Å². The fourth-order valence-corrected chi connectivity index (χ4v) is 4.23. The topological polar surface area (TPSA) is 231 Å². The Hall–Kier alpha value is -2.87. The summed E-state index contributed by atoms with van der Waals surface area (Å²) < 4.78 is 68.1. The first-order valence-corrected chi connectivity index (χ1v) is 11.1. The van der Waals surface area contributed by atoms with Crippen LogP contribution in [0.3, 0.4) is 0 Å². The molecule has 0 unspecified atom stereocenters. The molecule has 1 aromatic rings. The molecule has 2 heterocycles. The minimum Gasteiger partial charge on any atom is -0.438 e. The number of thiazole rings is 1. The van der Waals surface area contributed by atoms with E-state index in [0.29, 0.717) is 11.3 Å². The smallest absolute Gasteiger partial charge is 0.365 e. The zero-order valence-electron chi connectivity index (χ0n) is 14.9. The van der Waals surface area contributed by atoms with Crippen molar-refractivity contribution >= 4 is 60.6 Å². The second-order valence-electron chi connectivity index (χ2n) is 5.30. The zero-order chi connectivity index (χ0) is 22.9. The third-order valence-electron chi connectivity index (χ3n) is 3.18. The van der Waals surface area contributed by atoms with Gasteiger partial charge in [-0.2, -0.15) is 21.1 Å². The Labute approximate surface area is 172 Å². The Balaban J connectivity index is 2.25. The number of esters is 1. The largest absolute Gasteiger partial charge is 0.438 e. The molecule has 1 saturated heterocycles. The average Bonchev–Trinajstić information content (AvgIpc) is 3.01. The molecule has 1 aromatic heterocycles. The van der Waals surface area contributed by atoms with E-state index in [1.54, 1.807) is 4.72 Å². The molecule has 1 fully saturated rings. The van der Waals surface area contributed by atoms with E-state index in [0.717, 1.165) is 19.4 Å². The molecule has 0 spiro atoms. The molecule has 0 radical (unpaired) electrons. The number of nitrogens with zero attached hydrogens (tertiary/aromatic N) is 3. The van der Waals surface area contributed by atoms with Crippen LogP contribution in [0.1, 0.15) is 12.6 Å². The molecule has 0 aromatic carbocycles. The first-order chi connectivity index (χ1) is 13.7. The Morgan fingerprint density at radius 3 is 2.43 bits per heavy atom. The van der Waals surface area contributed by atoms with Crippen LogP contribution in [0.15, 0.2) is 10.5 Å². The van der Waals surface area contributed by atoms with Crippen molar-refractivity contribution in [3.63, 3.8) is 0 Å². The summed E-state index contributed by atoms with van der Waals surface area (Å²) in [5.74, 6) is -3.46. The highest BCUT2D eigenvalue weighted by molar-refractivity contribution is 7.87. The van der Waals surface area contributed by atoms with Gasteiger partial charge >= 0.3 is 26.6 Å². The van der Waals surface area contributed by atoms with Gasteiger partial charge < -0.3 is 14.9 Å². The van der Waals surface area contributed by atoms with E-state index in [-0.39, 0.29) is 15.1 Å². The van der Waals surface area contributed by atoms with Crippen LogP contribution in [0.2, 0.25) is 0 Å². The van der Waals surface area contributed by atoms with E-state index in [9.17, 15) is 31.2 Å². The number of ether oxygens (including phenoxy) is 1. The molecular formula is C11H13N5O11S3. The van der Waals surface area contributed by atoms with E-state index < -0.39 is 56.4 Å². The number of oxime groups is 1. The lowest BCUT2D eigenvalue weighted by Gasteiger charge is -2.42. The molecule has 4 N–H and O–H groups in total.